The number of rotatable bonds is 5. The molecule has 6 heteroatoms. The van der Waals surface area contributed by atoms with Crippen LogP contribution in [0.25, 0.3) is 0 Å². The van der Waals surface area contributed by atoms with Crippen molar-refractivity contribution in [1.29, 1.82) is 0 Å². The predicted octanol–water partition coefficient (Wildman–Crippen LogP) is 3.94. The number of aryl methyl sites for hydroxylation is 1. The van der Waals surface area contributed by atoms with Gasteiger partial charge in [-0.05, 0) is 55.0 Å². The maximum atomic E-state index is 11.7. The Kier molecular flexibility index (Phi) is 4.70. The summed E-state index contributed by atoms with van der Waals surface area (Å²) >= 11 is 0. The van der Waals surface area contributed by atoms with Crippen molar-refractivity contribution in [3.8, 4) is 0 Å². The highest BCUT2D eigenvalue weighted by atomic mass is 16.1. The molecule has 0 fully saturated rings. The smallest absolute Gasteiger partial charge is 0.271 e. The molecule has 0 radical (unpaired) electrons. The minimum absolute atomic E-state index is 0.111. The van der Waals surface area contributed by atoms with E-state index in [4.69, 9.17) is 5.73 Å². The van der Waals surface area contributed by atoms with Crippen molar-refractivity contribution in [3.05, 3.63) is 71.5 Å². The predicted molar refractivity (Wildman–Crippen MR) is 107 cm³/mol. The summed E-state index contributed by atoms with van der Waals surface area (Å²) in [5, 5.41) is 6.49. The van der Waals surface area contributed by atoms with Crippen molar-refractivity contribution in [2.45, 2.75) is 25.7 Å². The highest BCUT2D eigenvalue weighted by molar-refractivity contribution is 5.96. The fourth-order valence-corrected chi connectivity index (χ4v) is 3.41. The van der Waals surface area contributed by atoms with Crippen molar-refractivity contribution in [2.24, 2.45) is 5.73 Å². The molecule has 1 heterocycles. The second kappa shape index (κ2) is 7.45. The zero-order valence-electron chi connectivity index (χ0n) is 14.9. The number of para-hydroxylation sites is 1. The van der Waals surface area contributed by atoms with Gasteiger partial charge in [-0.25, -0.2) is 9.97 Å². The first-order valence-corrected chi connectivity index (χ1v) is 9.07. The summed E-state index contributed by atoms with van der Waals surface area (Å²) in [6, 6.07) is 15.8. The van der Waals surface area contributed by atoms with Gasteiger partial charge in [0.05, 0.1) is 6.20 Å². The Hall–Kier alpha value is -3.41. The summed E-state index contributed by atoms with van der Waals surface area (Å²) in [5.74, 6) is 0.283. The van der Waals surface area contributed by atoms with Crippen LogP contribution in [0.15, 0.2) is 54.7 Å². The Balaban J connectivity index is 1.66. The van der Waals surface area contributed by atoms with E-state index in [1.54, 1.807) is 6.20 Å². The standard InChI is InChI=1S/C21H21N5O/c22-20(27)19-21(24-15-9-2-1-3-10-15)26-18(13-23-19)25-17-12-6-8-14-7-4-5-11-16(14)17/h1-3,6,8-10,12-13H,4-5,7,11H2,(H2,22,27)(H2,24,25,26). The highest BCUT2D eigenvalue weighted by Gasteiger charge is 2.16. The molecule has 2 aromatic carbocycles. The molecule has 0 bridgehead atoms. The van der Waals surface area contributed by atoms with Gasteiger partial charge >= 0.3 is 0 Å². The van der Waals surface area contributed by atoms with Crippen molar-refractivity contribution >= 4 is 28.9 Å². The minimum Gasteiger partial charge on any atom is -0.364 e. The van der Waals surface area contributed by atoms with Crippen LogP contribution in [0.2, 0.25) is 0 Å². The molecule has 136 valence electrons. The van der Waals surface area contributed by atoms with Gasteiger partial charge in [-0.15, -0.1) is 0 Å². The summed E-state index contributed by atoms with van der Waals surface area (Å²) in [4.78, 5) is 20.5. The van der Waals surface area contributed by atoms with Crippen molar-refractivity contribution < 1.29 is 4.79 Å². The van der Waals surface area contributed by atoms with E-state index >= 15 is 0 Å². The lowest BCUT2D eigenvalue weighted by molar-refractivity contribution is 0.0996. The van der Waals surface area contributed by atoms with Gasteiger partial charge in [-0.2, -0.15) is 0 Å². The average Bonchev–Trinajstić information content (AvgIpc) is 2.69. The number of fused-ring (bicyclic) bond motifs is 1. The lowest BCUT2D eigenvalue weighted by Gasteiger charge is -2.20. The van der Waals surface area contributed by atoms with Crippen LogP contribution in [-0.2, 0) is 12.8 Å². The van der Waals surface area contributed by atoms with Gasteiger partial charge in [0, 0.05) is 11.4 Å². The number of carbonyl (C=O) groups is 1. The molecule has 27 heavy (non-hydrogen) atoms. The second-order valence-electron chi connectivity index (χ2n) is 6.58. The molecular formula is C21H21N5O. The van der Waals surface area contributed by atoms with Gasteiger partial charge in [-0.3, -0.25) is 4.79 Å². The van der Waals surface area contributed by atoms with Crippen LogP contribution >= 0.6 is 0 Å². The number of nitrogens with one attached hydrogen (secondary N) is 2. The van der Waals surface area contributed by atoms with E-state index in [0.29, 0.717) is 11.6 Å². The Morgan fingerprint density at radius 3 is 2.59 bits per heavy atom. The lowest BCUT2D eigenvalue weighted by Crippen LogP contribution is -2.17. The number of benzene rings is 2. The molecule has 0 unspecified atom stereocenters. The van der Waals surface area contributed by atoms with Gasteiger partial charge in [0.2, 0.25) is 0 Å². The molecule has 0 aliphatic heterocycles. The van der Waals surface area contributed by atoms with E-state index in [9.17, 15) is 4.79 Å². The summed E-state index contributed by atoms with van der Waals surface area (Å²) in [5.41, 5.74) is 10.1. The van der Waals surface area contributed by atoms with E-state index in [-0.39, 0.29) is 5.69 Å². The molecule has 1 amide bonds. The third-order valence-corrected chi connectivity index (χ3v) is 4.70. The summed E-state index contributed by atoms with van der Waals surface area (Å²) in [7, 11) is 0. The van der Waals surface area contributed by atoms with Crippen LogP contribution in [0.5, 0.6) is 0 Å². The van der Waals surface area contributed by atoms with Crippen LogP contribution in [0.4, 0.5) is 23.0 Å². The quantitative estimate of drug-likeness (QED) is 0.641. The van der Waals surface area contributed by atoms with Crippen LogP contribution in [0.1, 0.15) is 34.5 Å². The van der Waals surface area contributed by atoms with E-state index < -0.39 is 5.91 Å². The fourth-order valence-electron chi connectivity index (χ4n) is 3.41. The highest BCUT2D eigenvalue weighted by Crippen LogP contribution is 2.30. The molecule has 0 atom stereocenters. The van der Waals surface area contributed by atoms with Crippen molar-refractivity contribution in [1.82, 2.24) is 9.97 Å². The number of carbonyl (C=O) groups excluding carboxylic acids is 1. The van der Waals surface area contributed by atoms with Crippen LogP contribution in [0.3, 0.4) is 0 Å². The molecule has 0 spiro atoms. The largest absolute Gasteiger partial charge is 0.364 e. The zero-order chi connectivity index (χ0) is 18.6. The first-order chi connectivity index (χ1) is 13.2. The number of anilines is 4. The van der Waals surface area contributed by atoms with E-state index in [2.05, 4.69) is 38.8 Å². The zero-order valence-corrected chi connectivity index (χ0v) is 14.9. The normalized spacial score (nSPS) is 12.9. The fraction of sp³-hybridized carbons (Fsp3) is 0.190. The molecule has 1 aromatic heterocycles. The Morgan fingerprint density at radius 1 is 0.963 bits per heavy atom. The molecular weight excluding hydrogens is 338 g/mol. The van der Waals surface area contributed by atoms with E-state index in [1.165, 1.54) is 24.0 Å². The molecule has 1 aliphatic rings. The number of amides is 1. The van der Waals surface area contributed by atoms with Crippen molar-refractivity contribution in [3.63, 3.8) is 0 Å². The second-order valence-corrected chi connectivity index (χ2v) is 6.58. The molecule has 0 saturated carbocycles. The summed E-state index contributed by atoms with van der Waals surface area (Å²) < 4.78 is 0. The molecule has 0 saturated heterocycles. The number of aromatic nitrogens is 2. The topological polar surface area (TPSA) is 92.9 Å². The number of nitrogens with two attached hydrogens (primary N) is 1. The SMILES string of the molecule is NC(=O)c1ncc(Nc2cccc3c2CCCC3)nc1Nc1ccccc1. The van der Waals surface area contributed by atoms with Crippen LogP contribution < -0.4 is 16.4 Å². The number of primary amides is 1. The lowest BCUT2D eigenvalue weighted by atomic mass is 9.90. The number of nitrogens with zero attached hydrogens (tertiary/aromatic N) is 2. The Bertz CT molecular complexity index is 972. The molecule has 3 aromatic rings. The van der Waals surface area contributed by atoms with Gasteiger partial charge < -0.3 is 16.4 Å². The Labute approximate surface area is 157 Å². The maximum absolute atomic E-state index is 11.7. The third-order valence-electron chi connectivity index (χ3n) is 4.70. The third kappa shape index (κ3) is 3.74. The van der Waals surface area contributed by atoms with Crippen LogP contribution in [0, 0.1) is 0 Å². The molecule has 1 aliphatic carbocycles. The van der Waals surface area contributed by atoms with Gasteiger partial charge in [0.15, 0.2) is 17.3 Å². The Morgan fingerprint density at radius 2 is 1.78 bits per heavy atom. The number of hydrogen-bond acceptors (Lipinski definition) is 5. The first-order valence-electron chi connectivity index (χ1n) is 9.07. The molecule has 6 nitrogen and oxygen atoms in total. The summed E-state index contributed by atoms with van der Waals surface area (Å²) in [6.07, 6.45) is 6.13. The maximum Gasteiger partial charge on any atom is 0.271 e. The van der Waals surface area contributed by atoms with Gasteiger partial charge in [-0.1, -0.05) is 30.3 Å². The van der Waals surface area contributed by atoms with E-state index in [0.717, 1.165) is 24.2 Å². The molecule has 4 rings (SSSR count). The summed E-state index contributed by atoms with van der Waals surface area (Å²) in [6.45, 7) is 0. The van der Waals surface area contributed by atoms with Gasteiger partial charge in [0.25, 0.3) is 5.91 Å². The van der Waals surface area contributed by atoms with Crippen molar-refractivity contribution in [2.75, 3.05) is 10.6 Å². The molecule has 4 N–H and O–H groups in total. The first kappa shape index (κ1) is 17.0. The van der Waals surface area contributed by atoms with E-state index in [1.807, 2.05) is 30.3 Å². The monoisotopic (exact) mass is 359 g/mol. The number of hydrogen-bond donors (Lipinski definition) is 3. The average molecular weight is 359 g/mol. The van der Waals surface area contributed by atoms with Gasteiger partial charge in [0.1, 0.15) is 0 Å². The minimum atomic E-state index is -0.621. The van der Waals surface area contributed by atoms with Crippen LogP contribution in [-0.4, -0.2) is 15.9 Å².